The van der Waals surface area contributed by atoms with Gasteiger partial charge in [-0.1, -0.05) is 13.0 Å². The van der Waals surface area contributed by atoms with Gasteiger partial charge in [-0.15, -0.1) is 0 Å². The van der Waals surface area contributed by atoms with Crippen molar-refractivity contribution >= 4 is 11.8 Å². The number of benzene rings is 1. The number of methoxy groups -OCH3 is 1. The van der Waals surface area contributed by atoms with Crippen LogP contribution in [0.5, 0.6) is 11.5 Å². The summed E-state index contributed by atoms with van der Waals surface area (Å²) in [5.41, 5.74) is 1.33. The van der Waals surface area contributed by atoms with Crippen molar-refractivity contribution in [2.45, 2.75) is 57.3 Å². The Balaban J connectivity index is 2.10. The van der Waals surface area contributed by atoms with E-state index in [1.165, 1.54) is 43.4 Å². The minimum absolute atomic E-state index is 0.373. The van der Waals surface area contributed by atoms with E-state index in [4.69, 9.17) is 9.47 Å². The number of thioether (sulfide) groups is 1. The van der Waals surface area contributed by atoms with Gasteiger partial charge in [0.2, 0.25) is 0 Å². The smallest absolute Gasteiger partial charge is 0.161 e. The van der Waals surface area contributed by atoms with Gasteiger partial charge in [0.1, 0.15) is 0 Å². The van der Waals surface area contributed by atoms with E-state index < -0.39 is 0 Å². The van der Waals surface area contributed by atoms with Crippen LogP contribution in [0.3, 0.4) is 0 Å². The molecule has 2 nitrogen and oxygen atoms in total. The van der Waals surface area contributed by atoms with Gasteiger partial charge in [0, 0.05) is 5.25 Å². The summed E-state index contributed by atoms with van der Waals surface area (Å²) < 4.78 is 11.6. The predicted octanol–water partition coefficient (Wildman–Crippen LogP) is 5.22. The van der Waals surface area contributed by atoms with Crippen LogP contribution in [0.25, 0.3) is 0 Å². The topological polar surface area (TPSA) is 18.5 Å². The molecular weight excluding hydrogens is 268 g/mol. The molecule has 1 atom stereocenters. The SMILES string of the molecule is CCCSC(C)c1ccc(OC)c(OC2CCCC2)c1. The summed E-state index contributed by atoms with van der Waals surface area (Å²) in [4.78, 5) is 0. The minimum atomic E-state index is 0.373. The molecule has 1 aliphatic carbocycles. The maximum atomic E-state index is 6.16. The van der Waals surface area contributed by atoms with E-state index in [0.717, 1.165) is 11.5 Å². The Labute approximate surface area is 127 Å². The molecule has 0 aromatic heterocycles. The Kier molecular flexibility index (Phi) is 6.08. The lowest BCUT2D eigenvalue weighted by atomic mass is 10.1. The largest absolute Gasteiger partial charge is 0.493 e. The number of hydrogen-bond acceptors (Lipinski definition) is 3. The first-order chi connectivity index (χ1) is 9.74. The first-order valence-corrected chi connectivity index (χ1v) is 8.75. The second-order valence-electron chi connectivity index (χ2n) is 5.45. The molecule has 1 aromatic carbocycles. The third-order valence-corrected chi connectivity index (χ3v) is 5.24. The Bertz CT molecular complexity index is 413. The molecule has 0 N–H and O–H groups in total. The molecule has 0 saturated heterocycles. The van der Waals surface area contributed by atoms with Crippen LogP contribution in [0.2, 0.25) is 0 Å². The fourth-order valence-electron chi connectivity index (χ4n) is 2.61. The predicted molar refractivity (Wildman–Crippen MR) is 87.0 cm³/mol. The van der Waals surface area contributed by atoms with Crippen LogP contribution in [0.1, 0.15) is 56.8 Å². The summed E-state index contributed by atoms with van der Waals surface area (Å²) in [6.07, 6.45) is 6.51. The highest BCUT2D eigenvalue weighted by atomic mass is 32.2. The van der Waals surface area contributed by atoms with Gasteiger partial charge in [0.25, 0.3) is 0 Å². The highest BCUT2D eigenvalue weighted by molar-refractivity contribution is 7.99. The third kappa shape index (κ3) is 4.08. The summed E-state index contributed by atoms with van der Waals surface area (Å²) in [5.74, 6) is 2.97. The summed E-state index contributed by atoms with van der Waals surface area (Å²) in [6, 6.07) is 6.38. The average Bonchev–Trinajstić information content (AvgIpc) is 2.97. The lowest BCUT2D eigenvalue weighted by Gasteiger charge is -2.18. The molecule has 1 fully saturated rings. The third-order valence-electron chi connectivity index (χ3n) is 3.82. The maximum Gasteiger partial charge on any atom is 0.161 e. The van der Waals surface area contributed by atoms with Gasteiger partial charge in [-0.2, -0.15) is 11.8 Å². The van der Waals surface area contributed by atoms with Gasteiger partial charge in [-0.05, 0) is 62.5 Å². The zero-order chi connectivity index (χ0) is 14.4. The van der Waals surface area contributed by atoms with Crippen molar-refractivity contribution in [1.29, 1.82) is 0 Å². The van der Waals surface area contributed by atoms with E-state index in [9.17, 15) is 0 Å². The summed E-state index contributed by atoms with van der Waals surface area (Å²) in [5, 5.41) is 0.506. The van der Waals surface area contributed by atoms with Crippen LogP contribution in [0.15, 0.2) is 18.2 Å². The molecule has 3 heteroatoms. The maximum absolute atomic E-state index is 6.16. The number of rotatable bonds is 7. The first-order valence-electron chi connectivity index (χ1n) is 7.70. The average molecular weight is 294 g/mol. The molecule has 0 spiro atoms. The van der Waals surface area contributed by atoms with Crippen molar-refractivity contribution in [1.82, 2.24) is 0 Å². The van der Waals surface area contributed by atoms with Crippen molar-refractivity contribution in [3.63, 3.8) is 0 Å². The van der Waals surface area contributed by atoms with E-state index >= 15 is 0 Å². The molecule has 0 radical (unpaired) electrons. The molecule has 0 heterocycles. The first kappa shape index (κ1) is 15.6. The molecule has 1 saturated carbocycles. The van der Waals surface area contributed by atoms with Gasteiger partial charge in [-0.25, -0.2) is 0 Å². The second-order valence-corrected chi connectivity index (χ2v) is 6.90. The van der Waals surface area contributed by atoms with Crippen LogP contribution in [-0.4, -0.2) is 19.0 Å². The van der Waals surface area contributed by atoms with Crippen LogP contribution >= 0.6 is 11.8 Å². The van der Waals surface area contributed by atoms with Gasteiger partial charge >= 0.3 is 0 Å². The number of ether oxygens (including phenoxy) is 2. The highest BCUT2D eigenvalue weighted by Crippen LogP contribution is 2.37. The Hall–Kier alpha value is -0.830. The van der Waals surface area contributed by atoms with Crippen molar-refractivity contribution in [2.75, 3.05) is 12.9 Å². The van der Waals surface area contributed by atoms with Gasteiger partial charge in [-0.3, -0.25) is 0 Å². The molecule has 0 bridgehead atoms. The van der Waals surface area contributed by atoms with Gasteiger partial charge in [0.15, 0.2) is 11.5 Å². The van der Waals surface area contributed by atoms with E-state index in [1.54, 1.807) is 7.11 Å². The Morgan fingerprint density at radius 1 is 1.25 bits per heavy atom. The zero-order valence-corrected chi connectivity index (χ0v) is 13.7. The minimum Gasteiger partial charge on any atom is -0.493 e. The lowest BCUT2D eigenvalue weighted by Crippen LogP contribution is -2.11. The zero-order valence-electron chi connectivity index (χ0n) is 12.9. The molecule has 2 rings (SSSR count). The Morgan fingerprint density at radius 3 is 2.65 bits per heavy atom. The molecule has 0 amide bonds. The van der Waals surface area contributed by atoms with Gasteiger partial charge < -0.3 is 9.47 Å². The highest BCUT2D eigenvalue weighted by Gasteiger charge is 2.19. The van der Waals surface area contributed by atoms with Crippen LogP contribution in [0, 0.1) is 0 Å². The van der Waals surface area contributed by atoms with Crippen LogP contribution in [0.4, 0.5) is 0 Å². The standard InChI is InChI=1S/C17H26O2S/c1-4-11-20-13(2)14-9-10-16(18-3)17(12-14)19-15-7-5-6-8-15/h9-10,12-13,15H,4-8,11H2,1-3H3. The summed E-state index contributed by atoms with van der Waals surface area (Å²) >= 11 is 2.00. The molecule has 112 valence electrons. The van der Waals surface area contributed by atoms with Crippen molar-refractivity contribution in [3.8, 4) is 11.5 Å². The lowest BCUT2D eigenvalue weighted by molar-refractivity contribution is 0.200. The quantitative estimate of drug-likeness (QED) is 0.687. The monoisotopic (exact) mass is 294 g/mol. The second kappa shape index (κ2) is 7.82. The van der Waals surface area contributed by atoms with Crippen LogP contribution in [-0.2, 0) is 0 Å². The van der Waals surface area contributed by atoms with E-state index in [0.29, 0.717) is 11.4 Å². The molecule has 1 aromatic rings. The van der Waals surface area contributed by atoms with E-state index in [-0.39, 0.29) is 0 Å². The molecule has 0 aliphatic heterocycles. The molecule has 1 aliphatic rings. The van der Waals surface area contributed by atoms with E-state index in [2.05, 4.69) is 26.0 Å². The Morgan fingerprint density at radius 2 is 2.00 bits per heavy atom. The molecule has 20 heavy (non-hydrogen) atoms. The van der Waals surface area contributed by atoms with Gasteiger partial charge in [0.05, 0.1) is 13.2 Å². The van der Waals surface area contributed by atoms with Crippen molar-refractivity contribution in [3.05, 3.63) is 23.8 Å². The number of hydrogen-bond donors (Lipinski definition) is 0. The van der Waals surface area contributed by atoms with Crippen LogP contribution < -0.4 is 9.47 Å². The van der Waals surface area contributed by atoms with Crippen molar-refractivity contribution in [2.24, 2.45) is 0 Å². The van der Waals surface area contributed by atoms with Crippen molar-refractivity contribution < 1.29 is 9.47 Å². The molecular formula is C17H26O2S. The molecule has 1 unspecified atom stereocenters. The van der Waals surface area contributed by atoms with E-state index in [1.807, 2.05) is 17.8 Å². The summed E-state index contributed by atoms with van der Waals surface area (Å²) in [7, 11) is 1.71. The summed E-state index contributed by atoms with van der Waals surface area (Å²) in [6.45, 7) is 4.49. The fourth-order valence-corrected chi connectivity index (χ4v) is 3.54. The normalized spacial score (nSPS) is 17.1. The fraction of sp³-hybridized carbons (Fsp3) is 0.647.